The van der Waals surface area contributed by atoms with E-state index >= 15 is 0 Å². The number of carbonyl (C=O) groups is 2. The fraction of sp³-hybridized carbons (Fsp3) is 0.333. The van der Waals surface area contributed by atoms with Crippen LogP contribution >= 0.6 is 11.6 Å². The molecule has 0 unspecified atom stereocenters. The zero-order valence-corrected chi connectivity index (χ0v) is 17.4. The van der Waals surface area contributed by atoms with Gasteiger partial charge in [0.25, 0.3) is 5.91 Å². The van der Waals surface area contributed by atoms with E-state index < -0.39 is 0 Å². The Kier molecular flexibility index (Phi) is 5.85. The maximum Gasteiger partial charge on any atom is 0.274 e. The Hall–Kier alpha value is -3.13. The van der Waals surface area contributed by atoms with Gasteiger partial charge in [0.2, 0.25) is 5.91 Å². The molecule has 1 saturated heterocycles. The molecule has 1 fully saturated rings. The van der Waals surface area contributed by atoms with Gasteiger partial charge in [0.05, 0.1) is 22.6 Å². The van der Waals surface area contributed by atoms with Crippen molar-refractivity contribution in [2.75, 3.05) is 18.4 Å². The van der Waals surface area contributed by atoms with Crippen molar-refractivity contribution < 1.29 is 9.59 Å². The van der Waals surface area contributed by atoms with Crippen molar-refractivity contribution in [1.29, 1.82) is 0 Å². The van der Waals surface area contributed by atoms with Crippen molar-refractivity contribution in [3.8, 4) is 5.69 Å². The molecule has 8 nitrogen and oxygen atoms in total. The average molecular weight is 427 g/mol. The van der Waals surface area contributed by atoms with Gasteiger partial charge in [0, 0.05) is 37.9 Å². The zero-order valence-electron chi connectivity index (χ0n) is 16.7. The Morgan fingerprint density at radius 3 is 2.67 bits per heavy atom. The highest BCUT2D eigenvalue weighted by Crippen LogP contribution is 2.22. The van der Waals surface area contributed by atoms with Gasteiger partial charge in [0.15, 0.2) is 5.69 Å². The molecule has 0 aliphatic carbocycles. The normalized spacial score (nSPS) is 14.7. The van der Waals surface area contributed by atoms with E-state index in [9.17, 15) is 9.59 Å². The zero-order chi connectivity index (χ0) is 21.1. The summed E-state index contributed by atoms with van der Waals surface area (Å²) in [7, 11) is 0. The molecule has 156 valence electrons. The number of nitrogens with zero attached hydrogens (tertiary/aromatic N) is 5. The van der Waals surface area contributed by atoms with E-state index in [1.165, 1.54) is 0 Å². The summed E-state index contributed by atoms with van der Waals surface area (Å²) in [5.74, 6) is -0.288. The van der Waals surface area contributed by atoms with Gasteiger partial charge in [-0.3, -0.25) is 14.3 Å². The van der Waals surface area contributed by atoms with Crippen LogP contribution in [0, 0.1) is 5.92 Å². The first-order valence-electron chi connectivity index (χ1n) is 9.98. The fourth-order valence-corrected chi connectivity index (χ4v) is 3.78. The highest BCUT2D eigenvalue weighted by molar-refractivity contribution is 6.32. The largest absolute Gasteiger partial charge is 0.337 e. The molecule has 1 aliphatic heterocycles. The summed E-state index contributed by atoms with van der Waals surface area (Å²) in [5.41, 5.74) is 1.79. The SMILES string of the molecule is CCn1cc(NC(=O)C2CCN(C(=O)c3ccn(-c4ccccc4Cl)n3)CC2)cn1. The second-order valence-electron chi connectivity index (χ2n) is 7.24. The lowest BCUT2D eigenvalue weighted by molar-refractivity contribution is -0.121. The molecule has 2 aromatic heterocycles. The minimum absolute atomic E-state index is 0.0271. The Bertz CT molecular complexity index is 1050. The number of hydrogen-bond donors (Lipinski definition) is 1. The van der Waals surface area contributed by atoms with Crippen molar-refractivity contribution >= 4 is 29.1 Å². The van der Waals surface area contributed by atoms with Crippen LogP contribution in [0.2, 0.25) is 5.02 Å². The minimum Gasteiger partial charge on any atom is -0.337 e. The lowest BCUT2D eigenvalue weighted by atomic mass is 9.95. The van der Waals surface area contributed by atoms with E-state index in [0.29, 0.717) is 42.3 Å². The Morgan fingerprint density at radius 2 is 1.97 bits per heavy atom. The third-order valence-electron chi connectivity index (χ3n) is 5.29. The van der Waals surface area contributed by atoms with E-state index in [1.807, 2.05) is 31.3 Å². The Labute approximate surface area is 179 Å². The van der Waals surface area contributed by atoms with Crippen LogP contribution in [0.1, 0.15) is 30.3 Å². The van der Waals surface area contributed by atoms with Crippen molar-refractivity contribution in [3.05, 3.63) is 59.6 Å². The number of nitrogens with one attached hydrogen (secondary N) is 1. The van der Waals surface area contributed by atoms with E-state index in [0.717, 1.165) is 12.2 Å². The van der Waals surface area contributed by atoms with Crippen molar-refractivity contribution in [2.24, 2.45) is 5.92 Å². The van der Waals surface area contributed by atoms with Crippen LogP contribution < -0.4 is 5.32 Å². The highest BCUT2D eigenvalue weighted by Gasteiger charge is 2.29. The van der Waals surface area contributed by atoms with E-state index in [4.69, 9.17) is 11.6 Å². The smallest absolute Gasteiger partial charge is 0.274 e. The van der Waals surface area contributed by atoms with Gasteiger partial charge < -0.3 is 10.2 Å². The van der Waals surface area contributed by atoms with E-state index in [2.05, 4.69) is 15.5 Å². The summed E-state index contributed by atoms with van der Waals surface area (Å²) >= 11 is 6.21. The summed E-state index contributed by atoms with van der Waals surface area (Å²) in [4.78, 5) is 27.1. The summed E-state index contributed by atoms with van der Waals surface area (Å²) < 4.78 is 3.37. The summed E-state index contributed by atoms with van der Waals surface area (Å²) in [6.07, 6.45) is 6.42. The number of para-hydroxylation sites is 1. The Balaban J connectivity index is 1.34. The highest BCUT2D eigenvalue weighted by atomic mass is 35.5. The quantitative estimate of drug-likeness (QED) is 0.678. The molecule has 1 aliphatic rings. The predicted octanol–water partition coefficient (Wildman–Crippen LogP) is 3.23. The average Bonchev–Trinajstić information content (AvgIpc) is 3.43. The van der Waals surface area contributed by atoms with Gasteiger partial charge in [0.1, 0.15) is 0 Å². The number of piperidine rings is 1. The molecule has 3 heterocycles. The first kappa shape index (κ1) is 20.2. The molecule has 1 aromatic carbocycles. The third kappa shape index (κ3) is 4.23. The van der Waals surface area contributed by atoms with Gasteiger partial charge in [-0.1, -0.05) is 23.7 Å². The number of rotatable bonds is 5. The summed E-state index contributed by atoms with van der Waals surface area (Å²) in [6.45, 7) is 3.78. The molecule has 0 spiro atoms. The number of likely N-dealkylation sites (tertiary alicyclic amines) is 1. The number of hydrogen-bond acceptors (Lipinski definition) is 4. The number of aromatic nitrogens is 4. The van der Waals surface area contributed by atoms with Gasteiger partial charge in [-0.2, -0.15) is 10.2 Å². The summed E-state index contributed by atoms with van der Waals surface area (Å²) in [5, 5.41) is 12.0. The van der Waals surface area contributed by atoms with Gasteiger partial charge in [-0.15, -0.1) is 0 Å². The lowest BCUT2D eigenvalue weighted by Crippen LogP contribution is -2.41. The number of anilines is 1. The molecule has 0 radical (unpaired) electrons. The van der Waals surface area contributed by atoms with Crippen LogP contribution in [0.15, 0.2) is 48.9 Å². The number of aryl methyl sites for hydroxylation is 1. The maximum atomic E-state index is 12.8. The maximum absolute atomic E-state index is 12.8. The van der Waals surface area contributed by atoms with Crippen LogP contribution in [0.3, 0.4) is 0 Å². The first-order valence-corrected chi connectivity index (χ1v) is 10.4. The van der Waals surface area contributed by atoms with E-state index in [-0.39, 0.29) is 17.7 Å². The molecule has 0 bridgehead atoms. The van der Waals surface area contributed by atoms with Crippen LogP contribution in [-0.2, 0) is 11.3 Å². The molecule has 2 amide bonds. The predicted molar refractivity (Wildman–Crippen MR) is 114 cm³/mol. The van der Waals surface area contributed by atoms with Crippen molar-refractivity contribution in [2.45, 2.75) is 26.3 Å². The van der Waals surface area contributed by atoms with Gasteiger partial charge in [-0.05, 0) is 38.0 Å². The molecular formula is C21H23ClN6O2. The molecule has 30 heavy (non-hydrogen) atoms. The molecule has 3 aromatic rings. The fourth-order valence-electron chi connectivity index (χ4n) is 3.56. The first-order chi connectivity index (χ1) is 14.5. The Morgan fingerprint density at radius 1 is 1.20 bits per heavy atom. The number of halogens is 1. The number of benzene rings is 1. The summed E-state index contributed by atoms with van der Waals surface area (Å²) in [6, 6.07) is 9.03. The van der Waals surface area contributed by atoms with Gasteiger partial charge >= 0.3 is 0 Å². The molecule has 0 atom stereocenters. The molecule has 1 N–H and O–H groups in total. The minimum atomic E-state index is -0.135. The topological polar surface area (TPSA) is 85.0 Å². The third-order valence-corrected chi connectivity index (χ3v) is 5.60. The van der Waals surface area contributed by atoms with Crippen LogP contribution in [-0.4, -0.2) is 49.4 Å². The molecular weight excluding hydrogens is 404 g/mol. The van der Waals surface area contributed by atoms with E-state index in [1.54, 1.807) is 38.8 Å². The second kappa shape index (κ2) is 8.71. The lowest BCUT2D eigenvalue weighted by Gasteiger charge is -2.30. The number of amides is 2. The molecule has 0 saturated carbocycles. The van der Waals surface area contributed by atoms with Crippen LogP contribution in [0.25, 0.3) is 5.69 Å². The molecule has 4 rings (SSSR count). The van der Waals surface area contributed by atoms with Gasteiger partial charge in [-0.25, -0.2) is 4.68 Å². The standard InChI is InChI=1S/C21H23ClN6O2/c1-2-27-14-16(13-23-27)24-20(29)15-7-10-26(11-8-15)21(30)18-9-12-28(25-18)19-6-4-3-5-17(19)22/h3-6,9,12-15H,2,7-8,10-11H2,1H3,(H,24,29). The second-order valence-corrected chi connectivity index (χ2v) is 7.64. The molecule has 9 heteroatoms. The van der Waals surface area contributed by atoms with Crippen LogP contribution in [0.5, 0.6) is 0 Å². The van der Waals surface area contributed by atoms with Crippen LogP contribution in [0.4, 0.5) is 5.69 Å². The monoisotopic (exact) mass is 426 g/mol. The van der Waals surface area contributed by atoms with Crippen molar-refractivity contribution in [3.63, 3.8) is 0 Å². The number of carbonyl (C=O) groups excluding carboxylic acids is 2. The van der Waals surface area contributed by atoms with Crippen molar-refractivity contribution in [1.82, 2.24) is 24.5 Å².